The Morgan fingerprint density at radius 2 is 1.59 bits per heavy atom. The molecule has 16 aliphatic carbocycles. The molecule has 0 aliphatic heterocycles. The van der Waals surface area contributed by atoms with Crippen molar-refractivity contribution in [3.63, 3.8) is 0 Å². The van der Waals surface area contributed by atoms with Crippen LogP contribution in [-0.4, -0.2) is 12.1 Å². The molecule has 20 rings (SSSR count). The average Bonchev–Trinajstić information content (AvgIpc) is 3.80. The number of fused-ring (bicyclic) bond motifs is 2. The highest BCUT2D eigenvalue weighted by molar-refractivity contribution is 6.21. The summed E-state index contributed by atoms with van der Waals surface area (Å²) in [6.45, 7) is 19.1. The summed E-state index contributed by atoms with van der Waals surface area (Å²) in [6.07, 6.45) is 35.4. The van der Waals surface area contributed by atoms with Crippen LogP contribution in [0, 0.1) is 78.9 Å². The molecule has 0 N–H and O–H groups in total. The summed E-state index contributed by atoms with van der Waals surface area (Å²) < 4.78 is 6.15. The number of rotatable bonds is 12. The number of ether oxygens (including phenoxy) is 1. The number of hydrogen-bond acceptors (Lipinski definition) is 2. The van der Waals surface area contributed by atoms with E-state index in [0.29, 0.717) is 77.4 Å². The summed E-state index contributed by atoms with van der Waals surface area (Å²) in [5.74, 6) is 5.56. The highest BCUT2D eigenvalue weighted by atomic mass is 16.5. The standard InChI is InChI=1S/C74H66O2/c1-9-30(3)19-31(4)45-17-16-36-13-11-12-14-46(36)58(45)50-32(5)20-44(21-33(50)6)73(34(7)15-18-49(75)76-35(8)10-2)48-29-43-27-39-25-40-23-37-22-38-24-41-26-42-28-47-59-54(42)63-56(41)61-52(38)51(37)60-55(40)62-53(39)57(43)70-68-66(62)64(60)65(61)67(63)69(68)71(59)74(48,70)72(47)73/h11-14,16-17,20-22,24-26,28-31,34-36,40,46-48,51-52,55,59,72H,9-10,15,18-19,23,27H2,1-8H3/t30?,31?,34?,35?,36?,40?,46?,47?,48?,51?,52?,55?,59?,72-,73?,74?/m1/s1. The van der Waals surface area contributed by atoms with Gasteiger partial charge in [0.2, 0.25) is 0 Å². The molecule has 0 bridgehead atoms. The number of carbonyl (C=O) groups is 1. The summed E-state index contributed by atoms with van der Waals surface area (Å²) in [4.78, 5) is 14.1. The predicted molar refractivity (Wildman–Crippen MR) is 307 cm³/mol. The van der Waals surface area contributed by atoms with Crippen LogP contribution in [0.2, 0.25) is 0 Å². The van der Waals surface area contributed by atoms with Crippen molar-refractivity contribution in [3.8, 4) is 11.1 Å². The zero-order chi connectivity index (χ0) is 50.4. The van der Waals surface area contributed by atoms with Crippen molar-refractivity contribution in [3.05, 3.63) is 172 Å². The molecule has 16 aliphatic rings. The lowest BCUT2D eigenvalue weighted by molar-refractivity contribution is -0.149. The van der Waals surface area contributed by atoms with Crippen molar-refractivity contribution < 1.29 is 9.53 Å². The van der Waals surface area contributed by atoms with Crippen LogP contribution in [0.5, 0.6) is 0 Å². The summed E-state index contributed by atoms with van der Waals surface area (Å²) in [5, 5.41) is 10.1. The van der Waals surface area contributed by atoms with Gasteiger partial charge in [-0.25, -0.2) is 0 Å². The molecule has 2 nitrogen and oxygen atoms in total. The number of aryl methyl sites for hydroxylation is 2. The van der Waals surface area contributed by atoms with Crippen LogP contribution in [0.25, 0.3) is 67.5 Å². The third-order valence-corrected chi connectivity index (χ3v) is 25.1. The fourth-order valence-corrected chi connectivity index (χ4v) is 22.9. The van der Waals surface area contributed by atoms with E-state index in [-0.39, 0.29) is 28.8 Å². The van der Waals surface area contributed by atoms with Crippen LogP contribution >= 0.6 is 0 Å². The predicted octanol–water partition coefficient (Wildman–Crippen LogP) is 13.3. The van der Waals surface area contributed by atoms with E-state index in [2.05, 4.69) is 140 Å². The molecule has 374 valence electrons. The maximum Gasteiger partial charge on any atom is 0.306 e. The first-order valence-corrected chi connectivity index (χ1v) is 30.4. The molecule has 3 saturated carbocycles. The minimum Gasteiger partial charge on any atom is -0.463 e. The quantitative estimate of drug-likeness (QED) is 0.132. The maximum atomic E-state index is 14.1. The maximum absolute atomic E-state index is 14.1. The molecule has 4 aromatic rings. The summed E-state index contributed by atoms with van der Waals surface area (Å²) in [5.41, 5.74) is 36.0. The number of hydrogen-bond donors (Lipinski definition) is 0. The Labute approximate surface area is 446 Å². The molecule has 1 spiro atoms. The molecule has 0 aromatic heterocycles. The summed E-state index contributed by atoms with van der Waals surface area (Å²) in [6, 6.07) is 8.18. The second kappa shape index (κ2) is 12.9. The van der Waals surface area contributed by atoms with Crippen LogP contribution in [0.1, 0.15) is 160 Å². The first-order chi connectivity index (χ1) is 37.0. The first-order valence-electron chi connectivity index (χ1n) is 30.4. The molecule has 0 amide bonds. The SMILES string of the molecule is CCC(C)CC(C)C1=C(c2c(C)cc(C3(C(C)CCC(=O)OC(C)CC)C4C=C5CC6=CC7CC8=CC9=Cc%10cc%11c%12c%13c%10=C%10c%14c-%13c%13c%15c(c5c6c5c%15c%14=C(C8C9%10)C57)C45C=%13C%12C(C=%11)[C@@H]53)cc2C)C2C=CC=CC2C=C1. The Balaban J connectivity index is 0.885. The first kappa shape index (κ1) is 42.1. The molecule has 15 unspecified atom stereocenters. The van der Waals surface area contributed by atoms with E-state index in [9.17, 15) is 4.79 Å². The van der Waals surface area contributed by atoms with E-state index in [0.717, 1.165) is 19.3 Å². The van der Waals surface area contributed by atoms with E-state index in [1.54, 1.807) is 110 Å². The zero-order valence-corrected chi connectivity index (χ0v) is 45.4. The number of esters is 1. The van der Waals surface area contributed by atoms with Crippen molar-refractivity contribution >= 4 is 62.3 Å². The van der Waals surface area contributed by atoms with Crippen molar-refractivity contribution in [2.45, 2.75) is 129 Å². The normalized spacial score (nSPS) is 35.6. The van der Waals surface area contributed by atoms with Crippen molar-refractivity contribution in [1.29, 1.82) is 0 Å². The Hall–Kier alpha value is -5.99. The lowest BCUT2D eigenvalue weighted by Crippen LogP contribution is -2.71. The number of benzene rings is 4. The van der Waals surface area contributed by atoms with Crippen LogP contribution < -0.4 is 20.9 Å². The Bertz CT molecular complexity index is 4310. The minimum absolute atomic E-state index is 0.0269. The highest BCUT2D eigenvalue weighted by Gasteiger charge is 2.83. The average molecular weight is 987 g/mol. The second-order valence-corrected chi connectivity index (χ2v) is 27.9. The van der Waals surface area contributed by atoms with E-state index >= 15 is 0 Å². The minimum atomic E-state index is -0.216. The molecule has 76 heavy (non-hydrogen) atoms. The van der Waals surface area contributed by atoms with Crippen molar-refractivity contribution in [1.82, 2.24) is 0 Å². The highest BCUT2D eigenvalue weighted by Crippen LogP contribution is 2.86. The molecule has 2 heteroatoms. The third-order valence-electron chi connectivity index (χ3n) is 25.1. The van der Waals surface area contributed by atoms with Crippen molar-refractivity contribution in [2.24, 2.45) is 65.1 Å². The van der Waals surface area contributed by atoms with E-state index < -0.39 is 0 Å². The van der Waals surface area contributed by atoms with Gasteiger partial charge in [-0.05, 0) is 243 Å². The molecule has 0 radical (unpaired) electrons. The Morgan fingerprint density at radius 1 is 0.763 bits per heavy atom. The lowest BCUT2D eigenvalue weighted by Gasteiger charge is -2.71. The van der Waals surface area contributed by atoms with Crippen molar-refractivity contribution in [2.75, 3.05) is 0 Å². The van der Waals surface area contributed by atoms with Gasteiger partial charge in [0.25, 0.3) is 0 Å². The molecule has 0 saturated heterocycles. The van der Waals surface area contributed by atoms with Gasteiger partial charge >= 0.3 is 5.97 Å². The largest absolute Gasteiger partial charge is 0.463 e. The van der Waals surface area contributed by atoms with Gasteiger partial charge in [0.05, 0.1) is 6.10 Å². The Morgan fingerprint density at radius 3 is 2.42 bits per heavy atom. The molecule has 3 fully saturated rings. The van der Waals surface area contributed by atoms with Gasteiger partial charge in [-0.15, -0.1) is 0 Å². The number of allylic oxidation sites excluding steroid dienone is 15. The van der Waals surface area contributed by atoms with E-state index in [4.69, 9.17) is 4.74 Å². The smallest absolute Gasteiger partial charge is 0.306 e. The molecular weight excluding hydrogens is 921 g/mol. The fraction of sp³-hybridized carbons (Fsp3) is 0.419. The monoisotopic (exact) mass is 987 g/mol. The van der Waals surface area contributed by atoms with Crippen LogP contribution in [0.4, 0.5) is 0 Å². The van der Waals surface area contributed by atoms with Gasteiger partial charge < -0.3 is 4.74 Å². The van der Waals surface area contributed by atoms with Gasteiger partial charge in [0.1, 0.15) is 0 Å². The molecular formula is C74H66O2. The number of carbonyl (C=O) groups excluding carboxylic acids is 1. The van der Waals surface area contributed by atoms with E-state index in [1.807, 2.05) is 11.1 Å². The van der Waals surface area contributed by atoms with Crippen LogP contribution in [-0.2, 0) is 20.4 Å². The molecule has 4 aromatic carbocycles. The topological polar surface area (TPSA) is 26.3 Å². The lowest BCUT2D eigenvalue weighted by atomic mass is 9.31. The fourth-order valence-electron chi connectivity index (χ4n) is 22.9. The summed E-state index contributed by atoms with van der Waals surface area (Å²) in [7, 11) is 0. The molecule has 16 atom stereocenters. The van der Waals surface area contributed by atoms with Gasteiger partial charge in [-0.3, -0.25) is 4.79 Å². The second-order valence-electron chi connectivity index (χ2n) is 27.9. The van der Waals surface area contributed by atoms with Gasteiger partial charge in [-0.2, -0.15) is 0 Å². The van der Waals surface area contributed by atoms with Crippen LogP contribution in [0.15, 0.2) is 89.6 Å². The Kier molecular flexibility index (Phi) is 7.17. The van der Waals surface area contributed by atoms with Gasteiger partial charge in [0, 0.05) is 58.7 Å². The van der Waals surface area contributed by atoms with Gasteiger partial charge in [0.15, 0.2) is 0 Å². The van der Waals surface area contributed by atoms with E-state index in [1.165, 1.54) is 52.3 Å². The van der Waals surface area contributed by atoms with Crippen LogP contribution in [0.3, 0.4) is 0 Å². The summed E-state index contributed by atoms with van der Waals surface area (Å²) >= 11 is 0. The van der Waals surface area contributed by atoms with Gasteiger partial charge in [-0.1, -0.05) is 126 Å². The zero-order valence-electron chi connectivity index (χ0n) is 45.4. The molecule has 0 heterocycles. The third kappa shape index (κ3) is 4.04.